The zero-order valence-corrected chi connectivity index (χ0v) is 6.65. The van der Waals surface area contributed by atoms with Crippen LogP contribution in [0.4, 0.5) is 0 Å². The van der Waals surface area contributed by atoms with Crippen molar-refractivity contribution in [2.75, 3.05) is 11.5 Å². The summed E-state index contributed by atoms with van der Waals surface area (Å²) in [4.78, 5) is 10.3. The van der Waals surface area contributed by atoms with Crippen molar-refractivity contribution in [3.8, 4) is 0 Å². The SMILES string of the molecule is CCSCC(N)(N)C(=O)O. The molecule has 0 saturated heterocycles. The molecule has 60 valence electrons. The first-order chi connectivity index (χ1) is 4.50. The largest absolute Gasteiger partial charge is 0.479 e. The Morgan fingerprint density at radius 3 is 2.50 bits per heavy atom. The molecule has 0 saturated carbocycles. The molecule has 0 atom stereocenters. The molecule has 0 aromatic carbocycles. The fourth-order valence-electron chi connectivity index (χ4n) is 0.333. The van der Waals surface area contributed by atoms with Crippen molar-refractivity contribution in [3.63, 3.8) is 0 Å². The van der Waals surface area contributed by atoms with Crippen LogP contribution in [0.25, 0.3) is 0 Å². The molecule has 0 heterocycles. The van der Waals surface area contributed by atoms with Crippen LogP contribution in [0.2, 0.25) is 0 Å². The van der Waals surface area contributed by atoms with Crippen LogP contribution >= 0.6 is 11.8 Å². The number of carboxylic acid groups (broad SMARTS) is 1. The van der Waals surface area contributed by atoms with Gasteiger partial charge in [-0.25, -0.2) is 4.79 Å². The highest BCUT2D eigenvalue weighted by Gasteiger charge is 2.27. The van der Waals surface area contributed by atoms with E-state index in [0.29, 0.717) is 0 Å². The van der Waals surface area contributed by atoms with Crippen LogP contribution in [-0.2, 0) is 4.79 Å². The normalized spacial score (nSPS) is 11.5. The van der Waals surface area contributed by atoms with Gasteiger partial charge in [-0.15, -0.1) is 0 Å². The van der Waals surface area contributed by atoms with Crippen LogP contribution in [0, 0.1) is 0 Å². The quantitative estimate of drug-likeness (QED) is 0.484. The summed E-state index contributed by atoms with van der Waals surface area (Å²) in [5.74, 6) is -0.0872. The summed E-state index contributed by atoms with van der Waals surface area (Å²) in [5.41, 5.74) is 8.84. The molecule has 0 aliphatic heterocycles. The van der Waals surface area contributed by atoms with Crippen molar-refractivity contribution >= 4 is 17.7 Å². The van der Waals surface area contributed by atoms with Gasteiger partial charge in [0.2, 0.25) is 0 Å². The van der Waals surface area contributed by atoms with E-state index in [1.807, 2.05) is 6.92 Å². The Labute approximate surface area is 64.0 Å². The topological polar surface area (TPSA) is 89.3 Å². The van der Waals surface area contributed by atoms with Crippen LogP contribution in [0.1, 0.15) is 6.92 Å². The number of carbonyl (C=O) groups is 1. The summed E-state index contributed by atoms with van der Waals surface area (Å²) in [6.45, 7) is 1.92. The molecule has 0 aliphatic carbocycles. The monoisotopic (exact) mass is 164 g/mol. The third kappa shape index (κ3) is 3.05. The lowest BCUT2D eigenvalue weighted by atomic mass is 10.2. The Hall–Kier alpha value is -0.260. The van der Waals surface area contributed by atoms with Gasteiger partial charge in [0.15, 0.2) is 5.66 Å². The van der Waals surface area contributed by atoms with Gasteiger partial charge in [0.25, 0.3) is 0 Å². The van der Waals surface area contributed by atoms with Gasteiger partial charge in [-0.1, -0.05) is 6.92 Å². The maximum Gasteiger partial charge on any atom is 0.339 e. The number of nitrogens with two attached hydrogens (primary N) is 2. The molecule has 0 amide bonds. The minimum absolute atomic E-state index is 0.249. The van der Waals surface area contributed by atoms with E-state index in [1.165, 1.54) is 11.8 Å². The Kier molecular flexibility index (Phi) is 3.70. The van der Waals surface area contributed by atoms with Gasteiger partial charge in [0, 0.05) is 5.75 Å². The highest BCUT2D eigenvalue weighted by molar-refractivity contribution is 7.99. The molecule has 0 rings (SSSR count). The first-order valence-electron chi connectivity index (χ1n) is 2.89. The van der Waals surface area contributed by atoms with E-state index in [2.05, 4.69) is 0 Å². The zero-order valence-electron chi connectivity index (χ0n) is 5.83. The van der Waals surface area contributed by atoms with E-state index in [1.54, 1.807) is 0 Å². The predicted molar refractivity (Wildman–Crippen MR) is 41.7 cm³/mol. The van der Waals surface area contributed by atoms with E-state index in [-0.39, 0.29) is 5.75 Å². The van der Waals surface area contributed by atoms with Gasteiger partial charge in [0.05, 0.1) is 0 Å². The minimum Gasteiger partial charge on any atom is -0.479 e. The summed E-state index contributed by atoms with van der Waals surface area (Å²) < 4.78 is 0. The number of aliphatic carboxylic acids is 1. The molecule has 10 heavy (non-hydrogen) atoms. The second kappa shape index (κ2) is 3.80. The fraction of sp³-hybridized carbons (Fsp3) is 0.800. The number of hydrogen-bond acceptors (Lipinski definition) is 4. The average Bonchev–Trinajstić information content (AvgIpc) is 1.84. The number of carboxylic acids is 1. The molecule has 4 nitrogen and oxygen atoms in total. The van der Waals surface area contributed by atoms with E-state index in [4.69, 9.17) is 16.6 Å². The van der Waals surface area contributed by atoms with Gasteiger partial charge >= 0.3 is 5.97 Å². The summed E-state index contributed by atoms with van der Waals surface area (Å²) in [7, 11) is 0. The molecule has 0 spiro atoms. The number of hydrogen-bond donors (Lipinski definition) is 3. The second-order valence-electron chi connectivity index (χ2n) is 1.98. The van der Waals surface area contributed by atoms with Gasteiger partial charge in [-0.3, -0.25) is 0 Å². The predicted octanol–water partition coefficient (Wildman–Crippen LogP) is -0.562. The minimum atomic E-state index is -1.57. The first-order valence-corrected chi connectivity index (χ1v) is 4.05. The van der Waals surface area contributed by atoms with E-state index >= 15 is 0 Å². The highest BCUT2D eigenvalue weighted by Crippen LogP contribution is 2.05. The van der Waals surface area contributed by atoms with E-state index in [9.17, 15) is 4.79 Å². The molecule has 0 radical (unpaired) electrons. The van der Waals surface area contributed by atoms with Crippen LogP contribution in [0.5, 0.6) is 0 Å². The molecule has 0 bridgehead atoms. The van der Waals surface area contributed by atoms with Crippen LogP contribution < -0.4 is 11.5 Å². The third-order valence-electron chi connectivity index (χ3n) is 0.943. The lowest BCUT2D eigenvalue weighted by Crippen LogP contribution is -2.58. The molecule has 0 unspecified atom stereocenters. The molecule has 0 fully saturated rings. The van der Waals surface area contributed by atoms with Gasteiger partial charge in [-0.2, -0.15) is 11.8 Å². The molecular weight excluding hydrogens is 152 g/mol. The molecule has 0 aromatic heterocycles. The Balaban J connectivity index is 3.75. The third-order valence-corrected chi connectivity index (χ3v) is 2.03. The molecule has 5 heteroatoms. The lowest BCUT2D eigenvalue weighted by molar-refractivity contribution is -0.142. The fourth-order valence-corrected chi connectivity index (χ4v) is 0.998. The summed E-state index contributed by atoms with van der Waals surface area (Å²) in [6, 6.07) is 0. The van der Waals surface area contributed by atoms with Crippen molar-refractivity contribution in [2.45, 2.75) is 12.6 Å². The van der Waals surface area contributed by atoms with Gasteiger partial charge in [0.1, 0.15) is 0 Å². The first kappa shape index (κ1) is 9.74. The average molecular weight is 164 g/mol. The number of thioether (sulfide) groups is 1. The maximum absolute atomic E-state index is 10.3. The smallest absolute Gasteiger partial charge is 0.339 e. The molecule has 5 N–H and O–H groups in total. The lowest BCUT2D eigenvalue weighted by Gasteiger charge is -2.17. The maximum atomic E-state index is 10.3. The molecule has 0 aromatic rings. The Morgan fingerprint density at radius 1 is 1.70 bits per heavy atom. The second-order valence-corrected chi connectivity index (χ2v) is 3.26. The Morgan fingerprint density at radius 2 is 2.20 bits per heavy atom. The van der Waals surface area contributed by atoms with Gasteiger partial charge < -0.3 is 16.6 Å². The zero-order chi connectivity index (χ0) is 8.20. The van der Waals surface area contributed by atoms with Crippen molar-refractivity contribution in [1.82, 2.24) is 0 Å². The number of rotatable bonds is 4. The van der Waals surface area contributed by atoms with Crippen molar-refractivity contribution in [2.24, 2.45) is 11.5 Å². The summed E-state index contributed by atoms with van der Waals surface area (Å²) >= 11 is 1.41. The Bertz CT molecular complexity index is 127. The molecular formula is C5H12N2O2S. The van der Waals surface area contributed by atoms with Gasteiger partial charge in [-0.05, 0) is 5.75 Å². The standard InChI is InChI=1S/C5H12N2O2S/c1-2-10-3-5(6,7)4(8)9/h2-3,6-7H2,1H3,(H,8,9). The summed E-state index contributed by atoms with van der Waals surface area (Å²) in [5, 5.41) is 8.40. The molecule has 0 aliphatic rings. The van der Waals surface area contributed by atoms with E-state index in [0.717, 1.165) is 5.75 Å². The van der Waals surface area contributed by atoms with Crippen LogP contribution in [0.3, 0.4) is 0 Å². The van der Waals surface area contributed by atoms with Crippen molar-refractivity contribution < 1.29 is 9.90 Å². The van der Waals surface area contributed by atoms with E-state index < -0.39 is 11.6 Å². The highest BCUT2D eigenvalue weighted by atomic mass is 32.2. The summed E-state index contributed by atoms with van der Waals surface area (Å²) in [6.07, 6.45) is 0. The van der Waals surface area contributed by atoms with Crippen LogP contribution in [0.15, 0.2) is 0 Å². The van der Waals surface area contributed by atoms with Crippen molar-refractivity contribution in [1.29, 1.82) is 0 Å². The van der Waals surface area contributed by atoms with Crippen LogP contribution in [-0.4, -0.2) is 28.2 Å². The van der Waals surface area contributed by atoms with Crippen molar-refractivity contribution in [3.05, 3.63) is 0 Å².